The molecule has 0 saturated heterocycles. The van der Waals surface area contributed by atoms with Crippen LogP contribution in [0, 0.1) is 11.8 Å². The molecule has 9 heteroatoms. The summed E-state index contributed by atoms with van der Waals surface area (Å²) in [6.07, 6.45) is 2.29. The molecule has 0 fully saturated rings. The standard InChI is InChI=1S/C23H20F3N5O/c1-3-5-18(14-27-4-2)20-12-17(22-28-30-31-29-22)9-7-15(20)6-8-16-10-11-19(32)13-21(16)23(24,25)26/h3-5,7,9-14,30-32H,1-2H3,(H,28,29)/b5-3-,18-14+,27-4?. The van der Waals surface area contributed by atoms with Gasteiger partial charge in [-0.2, -0.15) is 13.2 Å². The normalized spacial score (nSPS) is 14.2. The van der Waals surface area contributed by atoms with Gasteiger partial charge in [-0.25, -0.2) is 5.53 Å². The number of nitrogens with one attached hydrogen (secondary N) is 3. The lowest BCUT2D eigenvalue weighted by atomic mass is 9.96. The molecule has 1 aliphatic rings. The van der Waals surface area contributed by atoms with Crippen LogP contribution < -0.4 is 16.5 Å². The van der Waals surface area contributed by atoms with E-state index in [1.165, 1.54) is 6.07 Å². The van der Waals surface area contributed by atoms with Crippen LogP contribution in [-0.2, 0) is 6.18 Å². The number of nitrogens with zero attached hydrogens (tertiary/aromatic N) is 2. The summed E-state index contributed by atoms with van der Waals surface area (Å²) < 4.78 is 40.1. The van der Waals surface area contributed by atoms with Crippen molar-refractivity contribution in [2.75, 3.05) is 0 Å². The first-order chi connectivity index (χ1) is 15.3. The number of amidine groups is 1. The maximum atomic E-state index is 13.4. The predicted octanol–water partition coefficient (Wildman–Crippen LogP) is 4.09. The number of hydrazone groups is 1. The molecule has 0 saturated carbocycles. The van der Waals surface area contributed by atoms with Crippen LogP contribution in [0.15, 0.2) is 64.8 Å². The molecule has 1 aliphatic heterocycles. The molecular weight excluding hydrogens is 419 g/mol. The van der Waals surface area contributed by atoms with E-state index in [2.05, 4.69) is 38.4 Å². The van der Waals surface area contributed by atoms with Gasteiger partial charge in [0.05, 0.1) is 5.56 Å². The summed E-state index contributed by atoms with van der Waals surface area (Å²) in [7, 11) is 0. The Bertz CT molecular complexity index is 1180. The van der Waals surface area contributed by atoms with Gasteiger partial charge in [-0.15, -0.1) is 10.6 Å². The molecular formula is C23H20F3N5O. The molecule has 4 N–H and O–H groups in total. The number of hydrazine groups is 2. The van der Waals surface area contributed by atoms with Gasteiger partial charge in [0, 0.05) is 34.7 Å². The molecule has 0 amide bonds. The Morgan fingerprint density at radius 2 is 1.84 bits per heavy atom. The maximum absolute atomic E-state index is 13.4. The molecule has 0 spiro atoms. The van der Waals surface area contributed by atoms with Crippen LogP contribution in [0.4, 0.5) is 13.2 Å². The Balaban J connectivity index is 2.16. The summed E-state index contributed by atoms with van der Waals surface area (Å²) in [6, 6.07) is 8.28. The van der Waals surface area contributed by atoms with Gasteiger partial charge in [-0.3, -0.25) is 10.4 Å². The first kappa shape index (κ1) is 22.7. The highest BCUT2D eigenvalue weighted by Crippen LogP contribution is 2.34. The number of hydrogen-bond donors (Lipinski definition) is 4. The van der Waals surface area contributed by atoms with Crippen molar-refractivity contribution in [3.8, 4) is 17.6 Å². The highest BCUT2D eigenvalue weighted by Gasteiger charge is 2.33. The topological polar surface area (TPSA) is 81.0 Å². The van der Waals surface area contributed by atoms with E-state index in [1.54, 1.807) is 31.5 Å². The fourth-order valence-electron chi connectivity index (χ4n) is 2.92. The molecule has 6 nitrogen and oxygen atoms in total. The van der Waals surface area contributed by atoms with Crippen LogP contribution in [-0.4, -0.2) is 17.2 Å². The minimum absolute atomic E-state index is 0.233. The SMILES string of the molecule is CC=N/C=C(\C=C/C)c1cc(C2=NNNN2)ccc1C#Cc1ccc(O)cc1C(F)(F)F. The van der Waals surface area contributed by atoms with Crippen LogP contribution >= 0.6 is 0 Å². The lowest BCUT2D eigenvalue weighted by Crippen LogP contribution is -2.35. The Kier molecular flexibility index (Phi) is 6.97. The quantitative estimate of drug-likeness (QED) is 0.329. The van der Waals surface area contributed by atoms with Gasteiger partial charge in [0.25, 0.3) is 0 Å². The first-order valence-corrected chi connectivity index (χ1v) is 9.55. The van der Waals surface area contributed by atoms with E-state index in [0.717, 1.165) is 17.2 Å². The molecule has 0 aromatic heterocycles. The number of benzene rings is 2. The summed E-state index contributed by atoms with van der Waals surface area (Å²) in [5.74, 6) is 5.52. The zero-order valence-electron chi connectivity index (χ0n) is 17.2. The lowest BCUT2D eigenvalue weighted by molar-refractivity contribution is -0.137. The monoisotopic (exact) mass is 439 g/mol. The second-order valence-electron chi connectivity index (χ2n) is 6.55. The third-order valence-corrected chi connectivity index (χ3v) is 4.36. The van der Waals surface area contributed by atoms with Crippen LogP contribution in [0.3, 0.4) is 0 Å². The number of phenols is 1. The van der Waals surface area contributed by atoms with Gasteiger partial charge in [0.2, 0.25) is 0 Å². The van der Waals surface area contributed by atoms with E-state index in [1.807, 2.05) is 25.1 Å². The number of allylic oxidation sites excluding steroid dienone is 3. The number of phenolic OH excluding ortho intramolecular Hbond substituents is 1. The van der Waals surface area contributed by atoms with Crippen molar-refractivity contribution in [3.05, 3.63) is 82.6 Å². The van der Waals surface area contributed by atoms with Crippen molar-refractivity contribution in [1.82, 2.24) is 16.5 Å². The third kappa shape index (κ3) is 5.36. The fourth-order valence-corrected chi connectivity index (χ4v) is 2.92. The smallest absolute Gasteiger partial charge is 0.417 e. The molecule has 0 radical (unpaired) electrons. The number of rotatable bonds is 4. The third-order valence-electron chi connectivity index (χ3n) is 4.36. The highest BCUT2D eigenvalue weighted by atomic mass is 19.4. The zero-order chi connectivity index (χ0) is 23.1. The largest absolute Gasteiger partial charge is 0.508 e. The molecule has 0 unspecified atom stereocenters. The molecule has 32 heavy (non-hydrogen) atoms. The van der Waals surface area contributed by atoms with Crippen molar-refractivity contribution < 1.29 is 18.3 Å². The molecule has 164 valence electrons. The van der Waals surface area contributed by atoms with Crippen molar-refractivity contribution in [2.45, 2.75) is 20.0 Å². The highest BCUT2D eigenvalue weighted by molar-refractivity contribution is 6.00. The molecule has 2 aromatic carbocycles. The number of aliphatic imine (C=N–C) groups is 1. The predicted molar refractivity (Wildman–Crippen MR) is 118 cm³/mol. The van der Waals surface area contributed by atoms with Crippen LogP contribution in [0.5, 0.6) is 5.75 Å². The minimum Gasteiger partial charge on any atom is -0.508 e. The first-order valence-electron chi connectivity index (χ1n) is 9.55. The molecule has 2 aromatic rings. The Morgan fingerprint density at radius 1 is 1.09 bits per heavy atom. The molecule has 3 rings (SSSR count). The van der Waals surface area contributed by atoms with Crippen LogP contribution in [0.1, 0.15) is 41.7 Å². The van der Waals surface area contributed by atoms with Crippen molar-refractivity contribution in [1.29, 1.82) is 0 Å². The molecule has 0 aliphatic carbocycles. The number of aromatic hydroxyl groups is 1. The summed E-state index contributed by atoms with van der Waals surface area (Å²) in [5, 5.41) is 13.6. The summed E-state index contributed by atoms with van der Waals surface area (Å²) >= 11 is 0. The molecule has 1 heterocycles. The second-order valence-corrected chi connectivity index (χ2v) is 6.55. The molecule has 0 atom stereocenters. The van der Waals surface area contributed by atoms with Gasteiger partial charge in [-0.1, -0.05) is 24.0 Å². The van der Waals surface area contributed by atoms with E-state index in [0.29, 0.717) is 23.0 Å². The average Bonchev–Trinajstić information content (AvgIpc) is 3.30. The van der Waals surface area contributed by atoms with Crippen molar-refractivity contribution >= 4 is 17.6 Å². The fraction of sp³-hybridized carbons (Fsp3) is 0.130. The van der Waals surface area contributed by atoms with Gasteiger partial charge in [-0.05, 0) is 55.8 Å². The van der Waals surface area contributed by atoms with E-state index in [9.17, 15) is 18.3 Å². The lowest BCUT2D eigenvalue weighted by Gasteiger charge is -2.10. The minimum atomic E-state index is -4.65. The Hall–Kier alpha value is -4.03. The summed E-state index contributed by atoms with van der Waals surface area (Å²) in [4.78, 5) is 4.18. The Morgan fingerprint density at radius 3 is 2.50 bits per heavy atom. The van der Waals surface area contributed by atoms with E-state index in [-0.39, 0.29) is 5.56 Å². The van der Waals surface area contributed by atoms with E-state index in [4.69, 9.17) is 0 Å². The number of hydrogen-bond acceptors (Lipinski definition) is 6. The summed E-state index contributed by atoms with van der Waals surface area (Å²) in [5.41, 5.74) is 9.50. The van der Waals surface area contributed by atoms with E-state index >= 15 is 0 Å². The van der Waals surface area contributed by atoms with Crippen LogP contribution in [0.25, 0.3) is 5.57 Å². The van der Waals surface area contributed by atoms with Gasteiger partial charge < -0.3 is 5.11 Å². The maximum Gasteiger partial charge on any atom is 0.417 e. The number of alkyl halides is 3. The van der Waals surface area contributed by atoms with Gasteiger partial charge in [0.1, 0.15) is 5.75 Å². The average molecular weight is 439 g/mol. The van der Waals surface area contributed by atoms with Gasteiger partial charge in [0.15, 0.2) is 5.84 Å². The summed E-state index contributed by atoms with van der Waals surface area (Å²) in [6.45, 7) is 3.63. The van der Waals surface area contributed by atoms with E-state index < -0.39 is 17.5 Å². The molecule has 0 bridgehead atoms. The zero-order valence-corrected chi connectivity index (χ0v) is 17.2. The van der Waals surface area contributed by atoms with Crippen molar-refractivity contribution in [2.24, 2.45) is 10.1 Å². The second kappa shape index (κ2) is 9.85. The van der Waals surface area contributed by atoms with Crippen molar-refractivity contribution in [3.63, 3.8) is 0 Å². The number of halogens is 3. The Labute approximate surface area is 183 Å². The van der Waals surface area contributed by atoms with Gasteiger partial charge >= 0.3 is 6.18 Å². The van der Waals surface area contributed by atoms with Crippen LogP contribution in [0.2, 0.25) is 0 Å².